The zero-order chi connectivity index (χ0) is 18.9. The molecule has 0 saturated heterocycles. The zero-order valence-electron chi connectivity index (χ0n) is 13.5. The number of hydrogen-bond acceptors (Lipinski definition) is 6. The molecule has 1 N–H and O–H groups in total. The molecule has 1 aliphatic carbocycles. The Hall–Kier alpha value is -2.48. The van der Waals surface area contributed by atoms with E-state index in [1.54, 1.807) is 6.07 Å². The van der Waals surface area contributed by atoms with E-state index < -0.39 is 21.4 Å². The van der Waals surface area contributed by atoms with Crippen LogP contribution in [0.5, 0.6) is 5.75 Å². The van der Waals surface area contributed by atoms with E-state index in [4.69, 9.17) is 5.26 Å². The Labute approximate surface area is 147 Å². The van der Waals surface area contributed by atoms with Gasteiger partial charge in [-0.1, -0.05) is 12.8 Å². The van der Waals surface area contributed by atoms with Gasteiger partial charge in [-0.05, 0) is 18.8 Å². The lowest BCUT2D eigenvalue weighted by atomic mass is 10.1. The van der Waals surface area contributed by atoms with E-state index in [9.17, 15) is 21.6 Å². The second kappa shape index (κ2) is 6.68. The molecule has 0 radical (unpaired) electrons. The number of hydrogen-bond donors (Lipinski definition) is 1. The molecule has 2 heterocycles. The second-order valence-corrected chi connectivity index (χ2v) is 7.61. The van der Waals surface area contributed by atoms with Crippen molar-refractivity contribution in [2.75, 3.05) is 11.9 Å². The van der Waals surface area contributed by atoms with Crippen molar-refractivity contribution in [3.63, 3.8) is 0 Å². The predicted molar refractivity (Wildman–Crippen MR) is 86.0 cm³/mol. The van der Waals surface area contributed by atoms with Gasteiger partial charge in [0.2, 0.25) is 0 Å². The van der Waals surface area contributed by atoms with E-state index in [-0.39, 0.29) is 11.1 Å². The van der Waals surface area contributed by atoms with Gasteiger partial charge in [-0.15, -0.1) is 0 Å². The first-order valence-electron chi connectivity index (χ1n) is 7.87. The largest absolute Gasteiger partial charge is 0.534 e. The Kier molecular flexibility index (Phi) is 4.70. The van der Waals surface area contributed by atoms with Crippen LogP contribution in [-0.2, 0) is 10.1 Å². The minimum atomic E-state index is -5.87. The number of rotatable bonds is 5. The lowest BCUT2D eigenvalue weighted by molar-refractivity contribution is -0.0499. The molecule has 3 rings (SSSR count). The lowest BCUT2D eigenvalue weighted by Crippen LogP contribution is -2.28. The molecular formula is C15H15F3N4O3S. The fraction of sp³-hybridized carbons (Fsp3) is 0.467. The molecule has 0 spiro atoms. The van der Waals surface area contributed by atoms with Gasteiger partial charge in [0.1, 0.15) is 17.1 Å². The Morgan fingerprint density at radius 1 is 1.38 bits per heavy atom. The smallest absolute Gasteiger partial charge is 0.383 e. The number of fused-ring (bicyclic) bond motifs is 1. The maximum Gasteiger partial charge on any atom is 0.534 e. The van der Waals surface area contributed by atoms with Gasteiger partial charge >= 0.3 is 15.6 Å². The zero-order valence-corrected chi connectivity index (χ0v) is 14.3. The van der Waals surface area contributed by atoms with Crippen LogP contribution in [0.4, 0.5) is 18.9 Å². The summed E-state index contributed by atoms with van der Waals surface area (Å²) >= 11 is 0. The third kappa shape index (κ3) is 3.55. The number of nitriles is 1. The molecule has 26 heavy (non-hydrogen) atoms. The molecule has 1 aliphatic rings. The Morgan fingerprint density at radius 3 is 2.69 bits per heavy atom. The summed E-state index contributed by atoms with van der Waals surface area (Å²) in [5, 5.41) is 16.0. The highest BCUT2D eigenvalue weighted by Crippen LogP contribution is 2.33. The molecule has 140 valence electrons. The van der Waals surface area contributed by atoms with Crippen LogP contribution in [0, 0.1) is 17.2 Å². The maximum atomic E-state index is 12.7. The van der Waals surface area contributed by atoms with Crippen LogP contribution in [0.2, 0.25) is 0 Å². The summed E-state index contributed by atoms with van der Waals surface area (Å²) in [4.78, 5) is 0. The quantitative estimate of drug-likeness (QED) is 0.625. The number of halogens is 3. The van der Waals surface area contributed by atoms with E-state index in [0.29, 0.717) is 18.2 Å². The molecule has 2 aromatic heterocycles. The minimum absolute atomic E-state index is 0.0975. The summed E-state index contributed by atoms with van der Waals surface area (Å²) in [5.74, 6) is -0.158. The van der Waals surface area contributed by atoms with Crippen molar-refractivity contribution in [2.24, 2.45) is 5.92 Å². The summed E-state index contributed by atoms with van der Waals surface area (Å²) in [6, 6.07) is 2.89. The SMILES string of the molecule is N#Cc1cnn2cc(NCC3CCCC3)cc(OS(=O)(=O)C(F)(F)F)c12. The highest BCUT2D eigenvalue weighted by Gasteiger charge is 2.49. The number of nitrogens with one attached hydrogen (secondary N) is 1. The van der Waals surface area contributed by atoms with Gasteiger partial charge in [0.15, 0.2) is 5.75 Å². The number of anilines is 1. The summed E-state index contributed by atoms with van der Waals surface area (Å²) in [6.07, 6.45) is 6.98. The van der Waals surface area contributed by atoms with Gasteiger partial charge in [0, 0.05) is 12.6 Å². The first kappa shape index (κ1) is 18.3. The average molecular weight is 388 g/mol. The summed E-state index contributed by atoms with van der Waals surface area (Å²) in [5.41, 5.74) is -5.47. The fourth-order valence-corrected chi connectivity index (χ4v) is 3.43. The highest BCUT2D eigenvalue weighted by molar-refractivity contribution is 7.88. The van der Waals surface area contributed by atoms with Crippen molar-refractivity contribution in [3.05, 3.63) is 24.0 Å². The third-order valence-electron chi connectivity index (χ3n) is 4.25. The Balaban J connectivity index is 1.98. The lowest BCUT2D eigenvalue weighted by Gasteiger charge is -2.15. The second-order valence-electron chi connectivity index (χ2n) is 6.07. The van der Waals surface area contributed by atoms with E-state index in [2.05, 4.69) is 14.6 Å². The topological polar surface area (TPSA) is 96.5 Å². The fourth-order valence-electron chi connectivity index (χ4n) is 2.97. The molecule has 0 unspecified atom stereocenters. The molecule has 0 amide bonds. The van der Waals surface area contributed by atoms with Crippen molar-refractivity contribution in [1.29, 1.82) is 5.26 Å². The Morgan fingerprint density at radius 2 is 2.08 bits per heavy atom. The maximum absolute atomic E-state index is 12.7. The first-order chi connectivity index (χ1) is 12.2. The van der Waals surface area contributed by atoms with Crippen LogP contribution in [0.15, 0.2) is 18.5 Å². The van der Waals surface area contributed by atoms with Gasteiger partial charge in [-0.3, -0.25) is 0 Å². The van der Waals surface area contributed by atoms with Crippen LogP contribution in [0.25, 0.3) is 5.52 Å². The molecule has 0 aromatic carbocycles. The molecule has 1 fully saturated rings. The number of aromatic nitrogens is 2. The van der Waals surface area contributed by atoms with Crippen molar-refractivity contribution in [3.8, 4) is 11.8 Å². The van der Waals surface area contributed by atoms with Gasteiger partial charge in [0.25, 0.3) is 0 Å². The molecular weight excluding hydrogens is 373 g/mol. The van der Waals surface area contributed by atoms with Crippen LogP contribution in [0.3, 0.4) is 0 Å². The van der Waals surface area contributed by atoms with Gasteiger partial charge in [-0.2, -0.15) is 31.9 Å². The van der Waals surface area contributed by atoms with Crippen molar-refractivity contribution in [2.45, 2.75) is 31.2 Å². The number of pyridine rings is 1. The van der Waals surface area contributed by atoms with Crippen LogP contribution >= 0.6 is 0 Å². The van der Waals surface area contributed by atoms with Gasteiger partial charge in [-0.25, -0.2) is 4.52 Å². The highest BCUT2D eigenvalue weighted by atomic mass is 32.2. The molecule has 2 aromatic rings. The molecule has 0 aliphatic heterocycles. The molecule has 0 atom stereocenters. The van der Waals surface area contributed by atoms with E-state index >= 15 is 0 Å². The average Bonchev–Trinajstić information content (AvgIpc) is 3.20. The van der Waals surface area contributed by atoms with Crippen molar-refractivity contribution < 1.29 is 25.8 Å². The minimum Gasteiger partial charge on any atom is -0.383 e. The molecule has 7 nitrogen and oxygen atoms in total. The number of nitrogens with zero attached hydrogens (tertiary/aromatic N) is 3. The van der Waals surface area contributed by atoms with E-state index in [1.165, 1.54) is 6.20 Å². The molecule has 0 bridgehead atoms. The predicted octanol–water partition coefficient (Wildman–Crippen LogP) is 3.04. The number of alkyl halides is 3. The third-order valence-corrected chi connectivity index (χ3v) is 5.22. The van der Waals surface area contributed by atoms with E-state index in [1.807, 2.05) is 0 Å². The van der Waals surface area contributed by atoms with Gasteiger partial charge in [0.05, 0.1) is 18.1 Å². The van der Waals surface area contributed by atoms with Crippen molar-refractivity contribution >= 4 is 21.3 Å². The van der Waals surface area contributed by atoms with Crippen LogP contribution in [0.1, 0.15) is 31.2 Å². The molecule has 1 saturated carbocycles. The van der Waals surface area contributed by atoms with Gasteiger partial charge < -0.3 is 9.50 Å². The van der Waals surface area contributed by atoms with Crippen molar-refractivity contribution in [1.82, 2.24) is 9.61 Å². The normalized spacial score (nSPS) is 15.9. The monoisotopic (exact) mass is 388 g/mol. The van der Waals surface area contributed by atoms with E-state index in [0.717, 1.165) is 42.5 Å². The standard InChI is InChI=1S/C15H15F3N4O3S/c16-15(17,18)26(23,24)25-13-5-12(20-7-10-3-1-2-4-10)9-22-14(13)11(6-19)8-21-22/h5,8-10,20H,1-4,7H2. The summed E-state index contributed by atoms with van der Waals surface area (Å²) < 4.78 is 66.2. The Bertz CT molecular complexity index is 957. The van der Waals surface area contributed by atoms with Crippen LogP contribution < -0.4 is 9.50 Å². The molecule has 11 heteroatoms. The summed E-state index contributed by atoms with van der Waals surface area (Å²) in [6.45, 7) is 0.601. The first-order valence-corrected chi connectivity index (χ1v) is 9.28. The summed E-state index contributed by atoms with van der Waals surface area (Å²) in [7, 11) is -5.87. The van der Waals surface area contributed by atoms with Crippen LogP contribution in [-0.4, -0.2) is 30.1 Å².